The van der Waals surface area contributed by atoms with Gasteiger partial charge in [-0.25, -0.2) is 17.8 Å². The van der Waals surface area contributed by atoms with Crippen molar-refractivity contribution < 1.29 is 13.2 Å². The summed E-state index contributed by atoms with van der Waals surface area (Å²) >= 11 is 0. The van der Waals surface area contributed by atoms with Gasteiger partial charge in [0.05, 0.1) is 19.3 Å². The predicted octanol–water partition coefficient (Wildman–Crippen LogP) is 1.36. The molecular formula is C16H20N6O3S. The average molecular weight is 376 g/mol. The fraction of sp³-hybridized carbons (Fsp3) is 0.312. The van der Waals surface area contributed by atoms with Crippen molar-refractivity contribution in [2.75, 3.05) is 7.11 Å². The van der Waals surface area contributed by atoms with Crippen molar-refractivity contribution in [1.82, 2.24) is 29.3 Å². The first-order valence-corrected chi connectivity index (χ1v) is 9.58. The molecule has 0 atom stereocenters. The minimum atomic E-state index is -3.82. The molecule has 0 spiro atoms. The SMILES string of the molecule is CCCn1cnnc1CNS(=O)(=O)c1cc(-n2cccn2)ccc1OC. The van der Waals surface area contributed by atoms with E-state index in [-0.39, 0.29) is 17.2 Å². The van der Waals surface area contributed by atoms with E-state index in [0.29, 0.717) is 11.5 Å². The summed E-state index contributed by atoms with van der Waals surface area (Å²) < 4.78 is 36.8. The number of benzene rings is 1. The third-order valence-corrected chi connectivity index (χ3v) is 5.21. The van der Waals surface area contributed by atoms with Crippen LogP contribution in [0.5, 0.6) is 5.75 Å². The maximum atomic E-state index is 12.8. The molecule has 0 aliphatic carbocycles. The van der Waals surface area contributed by atoms with Gasteiger partial charge >= 0.3 is 0 Å². The van der Waals surface area contributed by atoms with Gasteiger partial charge in [-0.15, -0.1) is 10.2 Å². The number of ether oxygens (including phenoxy) is 1. The number of hydrogen-bond donors (Lipinski definition) is 1. The molecule has 0 aliphatic heterocycles. The normalized spacial score (nSPS) is 11.6. The summed E-state index contributed by atoms with van der Waals surface area (Å²) in [5.41, 5.74) is 0.616. The second-order valence-corrected chi connectivity index (χ2v) is 7.29. The van der Waals surface area contributed by atoms with Gasteiger partial charge in [0.15, 0.2) is 0 Å². The van der Waals surface area contributed by atoms with Gasteiger partial charge in [0, 0.05) is 18.9 Å². The molecule has 0 amide bonds. The lowest BCUT2D eigenvalue weighted by molar-refractivity contribution is 0.402. The topological polar surface area (TPSA) is 104 Å². The number of rotatable bonds is 8. The van der Waals surface area contributed by atoms with Crippen LogP contribution >= 0.6 is 0 Å². The van der Waals surface area contributed by atoms with E-state index in [4.69, 9.17) is 4.74 Å². The molecule has 0 saturated heterocycles. The summed E-state index contributed by atoms with van der Waals surface area (Å²) in [4.78, 5) is 0.0366. The Bertz CT molecular complexity index is 966. The number of aryl methyl sites for hydroxylation is 1. The zero-order valence-corrected chi connectivity index (χ0v) is 15.3. The van der Waals surface area contributed by atoms with E-state index in [2.05, 4.69) is 20.0 Å². The van der Waals surface area contributed by atoms with Crippen LogP contribution in [0.3, 0.4) is 0 Å². The highest BCUT2D eigenvalue weighted by Crippen LogP contribution is 2.26. The van der Waals surface area contributed by atoms with Crippen molar-refractivity contribution in [3.63, 3.8) is 0 Å². The van der Waals surface area contributed by atoms with Gasteiger partial charge in [-0.05, 0) is 30.7 Å². The van der Waals surface area contributed by atoms with E-state index in [1.807, 2.05) is 11.5 Å². The van der Waals surface area contributed by atoms with Gasteiger partial charge in [-0.2, -0.15) is 5.10 Å². The molecule has 26 heavy (non-hydrogen) atoms. The van der Waals surface area contributed by atoms with Gasteiger partial charge < -0.3 is 9.30 Å². The molecule has 0 saturated carbocycles. The van der Waals surface area contributed by atoms with Crippen LogP contribution in [0.4, 0.5) is 0 Å². The predicted molar refractivity (Wildman–Crippen MR) is 94.5 cm³/mol. The van der Waals surface area contributed by atoms with Crippen LogP contribution in [0.1, 0.15) is 19.2 Å². The van der Waals surface area contributed by atoms with Gasteiger partial charge in [-0.1, -0.05) is 6.92 Å². The Morgan fingerprint density at radius 3 is 2.85 bits per heavy atom. The van der Waals surface area contributed by atoms with E-state index in [9.17, 15) is 8.42 Å². The van der Waals surface area contributed by atoms with E-state index in [0.717, 1.165) is 13.0 Å². The Kier molecular flexibility index (Phi) is 5.33. The molecule has 0 unspecified atom stereocenters. The van der Waals surface area contributed by atoms with Crippen LogP contribution in [0.15, 0.2) is 47.9 Å². The molecule has 0 bridgehead atoms. The molecule has 0 fully saturated rings. The number of nitrogens with one attached hydrogen (secondary N) is 1. The summed E-state index contributed by atoms with van der Waals surface area (Å²) in [6, 6.07) is 6.62. The smallest absolute Gasteiger partial charge is 0.244 e. The Morgan fingerprint density at radius 1 is 1.31 bits per heavy atom. The maximum Gasteiger partial charge on any atom is 0.244 e. The molecule has 0 aliphatic rings. The Hall–Kier alpha value is -2.72. The molecule has 10 heteroatoms. The molecule has 1 aromatic carbocycles. The van der Waals surface area contributed by atoms with Crippen LogP contribution < -0.4 is 9.46 Å². The summed E-state index contributed by atoms with van der Waals surface area (Å²) in [5.74, 6) is 0.807. The van der Waals surface area contributed by atoms with Crippen molar-refractivity contribution in [2.24, 2.45) is 0 Å². The lowest BCUT2D eigenvalue weighted by Gasteiger charge is -2.13. The zero-order chi connectivity index (χ0) is 18.6. The van der Waals surface area contributed by atoms with E-state index in [1.165, 1.54) is 13.2 Å². The van der Waals surface area contributed by atoms with Crippen LogP contribution in [0.2, 0.25) is 0 Å². The zero-order valence-electron chi connectivity index (χ0n) is 14.5. The van der Waals surface area contributed by atoms with Crippen molar-refractivity contribution in [3.05, 3.63) is 48.8 Å². The van der Waals surface area contributed by atoms with Crippen molar-refractivity contribution in [1.29, 1.82) is 0 Å². The van der Waals surface area contributed by atoms with Crippen LogP contribution in [-0.4, -0.2) is 40.1 Å². The van der Waals surface area contributed by atoms with Gasteiger partial charge in [0.25, 0.3) is 0 Å². The number of hydrogen-bond acceptors (Lipinski definition) is 6. The molecule has 138 valence electrons. The minimum Gasteiger partial charge on any atom is -0.495 e. The molecule has 0 radical (unpaired) electrons. The fourth-order valence-corrected chi connectivity index (χ4v) is 3.69. The van der Waals surface area contributed by atoms with Crippen molar-refractivity contribution in [3.8, 4) is 11.4 Å². The summed E-state index contributed by atoms with van der Waals surface area (Å²) in [5, 5.41) is 11.9. The van der Waals surface area contributed by atoms with E-state index < -0.39 is 10.0 Å². The third-order valence-electron chi connectivity index (χ3n) is 3.79. The highest BCUT2D eigenvalue weighted by molar-refractivity contribution is 7.89. The Morgan fingerprint density at radius 2 is 2.15 bits per heavy atom. The van der Waals surface area contributed by atoms with Crippen LogP contribution in [-0.2, 0) is 23.1 Å². The molecule has 9 nitrogen and oxygen atoms in total. The molecule has 3 rings (SSSR count). The Balaban J connectivity index is 1.88. The van der Waals surface area contributed by atoms with Gasteiger partial charge in [-0.3, -0.25) is 0 Å². The quantitative estimate of drug-likeness (QED) is 0.637. The fourth-order valence-electron chi connectivity index (χ4n) is 2.52. The summed E-state index contributed by atoms with van der Waals surface area (Å²) in [6.45, 7) is 2.79. The van der Waals surface area contributed by atoms with E-state index >= 15 is 0 Å². The summed E-state index contributed by atoms with van der Waals surface area (Å²) in [7, 11) is -2.39. The van der Waals surface area contributed by atoms with E-state index in [1.54, 1.807) is 41.6 Å². The van der Waals surface area contributed by atoms with Crippen LogP contribution in [0, 0.1) is 0 Å². The lowest BCUT2D eigenvalue weighted by Crippen LogP contribution is -2.25. The number of aromatic nitrogens is 5. The molecule has 3 aromatic rings. The lowest BCUT2D eigenvalue weighted by atomic mass is 10.3. The molecule has 1 N–H and O–H groups in total. The summed E-state index contributed by atoms with van der Waals surface area (Å²) in [6.07, 6.45) is 5.85. The molecule has 2 aromatic heterocycles. The second-order valence-electron chi connectivity index (χ2n) is 5.55. The first-order chi connectivity index (χ1) is 12.5. The number of sulfonamides is 1. The largest absolute Gasteiger partial charge is 0.495 e. The van der Waals surface area contributed by atoms with Gasteiger partial charge in [0.2, 0.25) is 10.0 Å². The number of nitrogens with zero attached hydrogens (tertiary/aromatic N) is 5. The average Bonchev–Trinajstić information content (AvgIpc) is 3.32. The number of methoxy groups -OCH3 is 1. The van der Waals surface area contributed by atoms with Crippen LogP contribution in [0.25, 0.3) is 5.69 Å². The Labute approximate surface area is 151 Å². The highest BCUT2D eigenvalue weighted by atomic mass is 32.2. The maximum absolute atomic E-state index is 12.8. The standard InChI is InChI=1S/C16H20N6O3S/c1-3-8-21-12-17-20-16(21)11-19-26(23,24)15-10-13(5-6-14(15)25-2)22-9-4-7-18-22/h4-7,9-10,12,19H,3,8,11H2,1-2H3. The monoisotopic (exact) mass is 376 g/mol. The first kappa shape index (κ1) is 18.1. The highest BCUT2D eigenvalue weighted by Gasteiger charge is 2.21. The van der Waals surface area contributed by atoms with Gasteiger partial charge in [0.1, 0.15) is 22.8 Å². The molecular weight excluding hydrogens is 356 g/mol. The van der Waals surface area contributed by atoms with Crippen molar-refractivity contribution in [2.45, 2.75) is 31.3 Å². The second kappa shape index (κ2) is 7.67. The minimum absolute atomic E-state index is 0.0366. The molecule has 2 heterocycles. The van der Waals surface area contributed by atoms with Crippen molar-refractivity contribution >= 4 is 10.0 Å². The third kappa shape index (κ3) is 3.75. The first-order valence-electron chi connectivity index (χ1n) is 8.09.